The van der Waals surface area contributed by atoms with Crippen molar-refractivity contribution in [2.75, 3.05) is 44.6 Å². The summed E-state index contributed by atoms with van der Waals surface area (Å²) in [5.41, 5.74) is 4.30. The maximum atomic E-state index is 13.7. The van der Waals surface area contributed by atoms with E-state index in [1.807, 2.05) is 53.9 Å². The Kier molecular flexibility index (Phi) is 9.11. The van der Waals surface area contributed by atoms with Crippen molar-refractivity contribution >= 4 is 52.3 Å². The van der Waals surface area contributed by atoms with E-state index < -0.39 is 0 Å². The van der Waals surface area contributed by atoms with Crippen molar-refractivity contribution in [3.8, 4) is 22.7 Å². The number of hydrogen-bond acceptors (Lipinski definition) is 7. The number of rotatable bonds is 10. The summed E-state index contributed by atoms with van der Waals surface area (Å²) in [6.45, 7) is 0.875. The fourth-order valence-electron chi connectivity index (χ4n) is 4.57. The molecule has 1 aliphatic rings. The minimum Gasteiger partial charge on any atom is -0.497 e. The summed E-state index contributed by atoms with van der Waals surface area (Å²) < 4.78 is 12.2. The Balaban J connectivity index is 1.69. The molecule has 0 aliphatic carbocycles. The Morgan fingerprint density at radius 1 is 1.12 bits per heavy atom. The number of ether oxygens (including phenoxy) is 2. The number of hydrogen-bond donors (Lipinski definition) is 1. The number of fused-ring (bicyclic) bond motifs is 1. The Bertz CT molecular complexity index is 1460. The number of methoxy groups -OCH3 is 2. The first-order valence-corrected chi connectivity index (χ1v) is 15.1. The van der Waals surface area contributed by atoms with Gasteiger partial charge < -0.3 is 14.8 Å². The van der Waals surface area contributed by atoms with Gasteiger partial charge in [0.05, 0.1) is 29.5 Å². The molecule has 0 fully saturated rings. The largest absolute Gasteiger partial charge is 0.497 e. The molecule has 3 heterocycles. The van der Waals surface area contributed by atoms with Crippen LogP contribution in [0.5, 0.6) is 5.75 Å². The zero-order valence-electron chi connectivity index (χ0n) is 22.1. The normalized spacial score (nSPS) is 15.0. The van der Waals surface area contributed by atoms with E-state index in [-0.39, 0.29) is 29.4 Å². The average molecular weight is 597 g/mol. The van der Waals surface area contributed by atoms with E-state index in [1.54, 1.807) is 46.9 Å². The van der Waals surface area contributed by atoms with Gasteiger partial charge in [-0.05, 0) is 65.2 Å². The topological polar surface area (TPSA) is 85.7 Å². The highest BCUT2D eigenvalue weighted by atomic mass is 35.5. The monoisotopic (exact) mass is 596 g/mol. The minimum atomic E-state index is -0.245. The fourth-order valence-corrected chi connectivity index (χ4v) is 6.66. The number of thioether (sulfide) groups is 1. The third-order valence-electron chi connectivity index (χ3n) is 6.52. The van der Waals surface area contributed by atoms with Gasteiger partial charge in [-0.25, -0.2) is 4.68 Å². The molecule has 0 bridgehead atoms. The fraction of sp³-hybridized carbons (Fsp3) is 0.276. The van der Waals surface area contributed by atoms with Crippen molar-refractivity contribution < 1.29 is 19.1 Å². The van der Waals surface area contributed by atoms with Crippen LogP contribution in [0.2, 0.25) is 5.02 Å². The van der Waals surface area contributed by atoms with Crippen molar-refractivity contribution in [3.05, 3.63) is 81.5 Å². The second-order valence-corrected chi connectivity index (χ2v) is 11.4. The number of nitrogens with zero attached hydrogens (tertiary/aromatic N) is 3. The molecule has 208 valence electrons. The number of aromatic nitrogens is 2. The summed E-state index contributed by atoms with van der Waals surface area (Å²) in [4.78, 5) is 28.4. The van der Waals surface area contributed by atoms with E-state index in [4.69, 9.17) is 26.2 Å². The van der Waals surface area contributed by atoms with Crippen LogP contribution in [0.3, 0.4) is 0 Å². The summed E-state index contributed by atoms with van der Waals surface area (Å²) in [5, 5.41) is 12.6. The van der Waals surface area contributed by atoms with E-state index in [2.05, 4.69) is 16.8 Å². The smallest absolute Gasteiger partial charge is 0.240 e. The third kappa shape index (κ3) is 6.05. The van der Waals surface area contributed by atoms with Gasteiger partial charge in [0.1, 0.15) is 18.1 Å². The summed E-state index contributed by atoms with van der Waals surface area (Å²) in [6, 6.07) is 17.1. The lowest BCUT2D eigenvalue weighted by atomic mass is 10.0. The number of carbonyl (C=O) groups is 2. The Morgan fingerprint density at radius 2 is 1.90 bits per heavy atom. The molecule has 2 aromatic heterocycles. The Hall–Kier alpha value is -3.31. The molecule has 2 aromatic carbocycles. The zero-order chi connectivity index (χ0) is 28.1. The van der Waals surface area contributed by atoms with Crippen molar-refractivity contribution in [2.24, 2.45) is 0 Å². The quantitative estimate of drug-likeness (QED) is 0.240. The molecule has 1 aliphatic heterocycles. The van der Waals surface area contributed by atoms with Crippen LogP contribution in [0.15, 0.2) is 65.4 Å². The van der Waals surface area contributed by atoms with Crippen molar-refractivity contribution in [3.63, 3.8) is 0 Å². The van der Waals surface area contributed by atoms with Crippen molar-refractivity contribution in [1.82, 2.24) is 15.1 Å². The first kappa shape index (κ1) is 28.2. The van der Waals surface area contributed by atoms with Crippen molar-refractivity contribution in [2.45, 2.75) is 11.7 Å². The lowest BCUT2D eigenvalue weighted by molar-refractivity contribution is -0.122. The maximum absolute atomic E-state index is 13.7. The zero-order valence-corrected chi connectivity index (χ0v) is 24.5. The van der Waals surface area contributed by atoms with Crippen LogP contribution in [0.25, 0.3) is 16.9 Å². The van der Waals surface area contributed by atoms with E-state index in [1.165, 1.54) is 0 Å². The van der Waals surface area contributed by atoms with Crippen LogP contribution < -0.4 is 15.0 Å². The van der Waals surface area contributed by atoms with Gasteiger partial charge in [-0.1, -0.05) is 23.7 Å². The number of thiophene rings is 1. The van der Waals surface area contributed by atoms with Gasteiger partial charge in [-0.3, -0.25) is 14.5 Å². The molecular formula is C29H29ClN4O4S2. The summed E-state index contributed by atoms with van der Waals surface area (Å²) >= 11 is 9.37. The molecule has 1 unspecified atom stereocenters. The van der Waals surface area contributed by atoms with Gasteiger partial charge in [0.2, 0.25) is 11.8 Å². The van der Waals surface area contributed by atoms with Gasteiger partial charge in [0.15, 0.2) is 0 Å². The minimum absolute atomic E-state index is 0.127. The third-order valence-corrected chi connectivity index (χ3v) is 8.73. The summed E-state index contributed by atoms with van der Waals surface area (Å²) in [7, 11) is 3.24. The maximum Gasteiger partial charge on any atom is 0.240 e. The van der Waals surface area contributed by atoms with E-state index in [0.29, 0.717) is 36.2 Å². The van der Waals surface area contributed by atoms with Gasteiger partial charge >= 0.3 is 0 Å². The van der Waals surface area contributed by atoms with E-state index >= 15 is 0 Å². The second kappa shape index (κ2) is 12.9. The second-order valence-electron chi connectivity index (χ2n) is 9.13. The van der Waals surface area contributed by atoms with Crippen LogP contribution in [-0.2, 0) is 14.3 Å². The highest BCUT2D eigenvalue weighted by molar-refractivity contribution is 8.00. The molecule has 8 nitrogen and oxygen atoms in total. The first-order valence-electron chi connectivity index (χ1n) is 12.7. The predicted octanol–water partition coefficient (Wildman–Crippen LogP) is 5.58. The van der Waals surface area contributed by atoms with Gasteiger partial charge in [-0.15, -0.1) is 11.8 Å². The number of nitrogens with one attached hydrogen (secondary N) is 1. The van der Waals surface area contributed by atoms with Crippen LogP contribution in [-0.4, -0.2) is 61.3 Å². The standard InChI is InChI=1S/C29H29ClN4O4S2/c1-37-14-3-13-31-24(35)16-33-25(36)18-40-28(20-12-15-39-17-20)26-27(19-4-6-21(30)7-5-19)32-34(29(26)33)22-8-10-23(38-2)11-9-22/h4-12,15,17,28H,3,13-14,16,18H2,1-2H3,(H,31,35). The lowest BCUT2D eigenvalue weighted by Gasteiger charge is -2.23. The molecular weight excluding hydrogens is 568 g/mol. The van der Waals surface area contributed by atoms with Crippen LogP contribution in [0, 0.1) is 0 Å². The molecule has 0 radical (unpaired) electrons. The van der Waals surface area contributed by atoms with Gasteiger partial charge in [0, 0.05) is 36.4 Å². The summed E-state index contributed by atoms with van der Waals surface area (Å²) in [6.07, 6.45) is 0.683. The molecule has 4 aromatic rings. The Morgan fingerprint density at radius 3 is 2.58 bits per heavy atom. The summed E-state index contributed by atoms with van der Waals surface area (Å²) in [5.74, 6) is 1.09. The van der Waals surface area contributed by atoms with Crippen LogP contribution in [0.1, 0.15) is 22.8 Å². The SMILES string of the molecule is COCCCNC(=O)CN1C(=O)CSC(c2ccsc2)c2c(-c3ccc(Cl)cc3)nn(-c3ccc(OC)cc3)c21. The average Bonchev–Trinajstić information content (AvgIpc) is 3.61. The molecule has 2 amide bonds. The molecule has 40 heavy (non-hydrogen) atoms. The predicted molar refractivity (Wildman–Crippen MR) is 161 cm³/mol. The number of halogens is 1. The van der Waals surface area contributed by atoms with Gasteiger partial charge in [0.25, 0.3) is 0 Å². The molecule has 0 spiro atoms. The first-order chi connectivity index (χ1) is 19.5. The lowest BCUT2D eigenvalue weighted by Crippen LogP contribution is -2.42. The van der Waals surface area contributed by atoms with E-state index in [0.717, 1.165) is 28.1 Å². The molecule has 0 saturated carbocycles. The highest BCUT2D eigenvalue weighted by Gasteiger charge is 2.37. The van der Waals surface area contributed by atoms with Gasteiger partial charge in [-0.2, -0.15) is 16.4 Å². The molecule has 11 heteroatoms. The van der Waals surface area contributed by atoms with Crippen LogP contribution >= 0.6 is 34.7 Å². The Labute approximate surface area is 246 Å². The highest BCUT2D eigenvalue weighted by Crippen LogP contribution is 2.49. The number of benzene rings is 2. The molecule has 5 rings (SSSR count). The molecule has 1 N–H and O–H groups in total. The number of amides is 2. The van der Waals surface area contributed by atoms with Crippen molar-refractivity contribution in [1.29, 1.82) is 0 Å². The molecule has 1 atom stereocenters. The van der Waals surface area contributed by atoms with E-state index in [9.17, 15) is 9.59 Å². The molecule has 0 saturated heterocycles. The number of anilines is 1. The number of carbonyl (C=O) groups excluding carboxylic acids is 2. The van der Waals surface area contributed by atoms with Crippen LogP contribution in [0.4, 0.5) is 5.82 Å².